The van der Waals surface area contributed by atoms with E-state index < -0.39 is 0 Å². The Bertz CT molecular complexity index is 632. The van der Waals surface area contributed by atoms with E-state index in [1.807, 2.05) is 36.1 Å². The lowest BCUT2D eigenvalue weighted by molar-refractivity contribution is -0.122. The van der Waals surface area contributed by atoms with Gasteiger partial charge < -0.3 is 15.5 Å². The number of carbonyl (C=O) groups excluding carboxylic acids is 2. The van der Waals surface area contributed by atoms with Gasteiger partial charge in [-0.2, -0.15) is 0 Å². The van der Waals surface area contributed by atoms with Gasteiger partial charge in [-0.05, 0) is 68.6 Å². The van der Waals surface area contributed by atoms with Crippen molar-refractivity contribution in [1.29, 1.82) is 0 Å². The molecule has 3 rings (SSSR count). The molecule has 1 aromatic carbocycles. The number of urea groups is 1. The number of amides is 3. The van der Waals surface area contributed by atoms with Crippen LogP contribution in [-0.2, 0) is 4.79 Å². The van der Waals surface area contributed by atoms with Crippen LogP contribution in [0.15, 0.2) is 24.3 Å². The monoisotopic (exact) mass is 371 g/mol. The highest BCUT2D eigenvalue weighted by molar-refractivity contribution is 5.89. The van der Waals surface area contributed by atoms with Crippen molar-refractivity contribution in [3.05, 3.63) is 29.8 Å². The lowest BCUT2D eigenvalue weighted by atomic mass is 9.93. The van der Waals surface area contributed by atoms with Gasteiger partial charge in [0.25, 0.3) is 0 Å². The standard InChI is InChI=1S/C22H33N3O2/c1-17-5-4-8-20(15-17)24-22(27)25-13-10-18(11-14-25)9-12-23-21(26)16-19-6-2-3-7-19/h4-5,8,15,18-19H,2-3,6-7,9-14,16H2,1H3,(H,23,26)(H,24,27). The summed E-state index contributed by atoms with van der Waals surface area (Å²) in [5.74, 6) is 1.43. The molecule has 0 bridgehead atoms. The molecule has 5 nitrogen and oxygen atoms in total. The van der Waals surface area contributed by atoms with Crippen LogP contribution in [0.5, 0.6) is 0 Å². The van der Waals surface area contributed by atoms with E-state index in [2.05, 4.69) is 10.6 Å². The number of aryl methyl sites for hydroxylation is 1. The minimum Gasteiger partial charge on any atom is -0.356 e. The number of piperidine rings is 1. The molecule has 0 unspecified atom stereocenters. The molecule has 1 aliphatic carbocycles. The Morgan fingerprint density at radius 1 is 1.07 bits per heavy atom. The van der Waals surface area contributed by atoms with Gasteiger partial charge in [0.05, 0.1) is 0 Å². The van der Waals surface area contributed by atoms with Crippen LogP contribution < -0.4 is 10.6 Å². The van der Waals surface area contributed by atoms with Gasteiger partial charge in [-0.3, -0.25) is 4.79 Å². The third kappa shape index (κ3) is 6.26. The summed E-state index contributed by atoms with van der Waals surface area (Å²) in [6.07, 6.45) is 8.76. The summed E-state index contributed by atoms with van der Waals surface area (Å²) in [6, 6.07) is 7.88. The smallest absolute Gasteiger partial charge is 0.321 e. The van der Waals surface area contributed by atoms with Gasteiger partial charge in [0.15, 0.2) is 0 Å². The Balaban J connectivity index is 1.31. The maximum atomic E-state index is 12.4. The second kappa shape index (κ2) is 9.77. The third-order valence-electron chi connectivity index (χ3n) is 5.99. The van der Waals surface area contributed by atoms with E-state index >= 15 is 0 Å². The molecule has 2 N–H and O–H groups in total. The van der Waals surface area contributed by atoms with Crippen molar-refractivity contribution in [2.75, 3.05) is 25.0 Å². The zero-order valence-corrected chi connectivity index (χ0v) is 16.5. The molecule has 2 aliphatic rings. The Hall–Kier alpha value is -2.04. The average molecular weight is 372 g/mol. The van der Waals surface area contributed by atoms with Gasteiger partial charge in [-0.15, -0.1) is 0 Å². The fourth-order valence-corrected chi connectivity index (χ4v) is 4.31. The van der Waals surface area contributed by atoms with Crippen LogP contribution in [-0.4, -0.2) is 36.5 Å². The lowest BCUT2D eigenvalue weighted by Gasteiger charge is -2.32. The zero-order chi connectivity index (χ0) is 19.1. The molecule has 0 spiro atoms. The average Bonchev–Trinajstić information content (AvgIpc) is 3.15. The Kier molecular flexibility index (Phi) is 7.13. The quantitative estimate of drug-likeness (QED) is 0.782. The summed E-state index contributed by atoms with van der Waals surface area (Å²) in [5, 5.41) is 6.09. The van der Waals surface area contributed by atoms with Crippen molar-refractivity contribution in [2.45, 2.75) is 58.3 Å². The molecular weight excluding hydrogens is 338 g/mol. The molecule has 3 amide bonds. The molecular formula is C22H33N3O2. The van der Waals surface area contributed by atoms with Crippen molar-refractivity contribution in [2.24, 2.45) is 11.8 Å². The van der Waals surface area contributed by atoms with Gasteiger partial charge in [-0.25, -0.2) is 4.79 Å². The van der Waals surface area contributed by atoms with Gasteiger partial charge in [0.1, 0.15) is 0 Å². The number of likely N-dealkylation sites (tertiary alicyclic amines) is 1. The van der Waals surface area contributed by atoms with E-state index in [1.54, 1.807) is 0 Å². The summed E-state index contributed by atoms with van der Waals surface area (Å²) in [5.41, 5.74) is 1.99. The van der Waals surface area contributed by atoms with Gasteiger partial charge in [0.2, 0.25) is 5.91 Å². The molecule has 5 heteroatoms. The second-order valence-corrected chi connectivity index (χ2v) is 8.22. The first-order chi connectivity index (χ1) is 13.1. The van der Waals surface area contributed by atoms with Crippen molar-refractivity contribution >= 4 is 17.6 Å². The Labute approximate surface area is 162 Å². The number of hydrogen-bond acceptors (Lipinski definition) is 2. The van der Waals surface area contributed by atoms with Crippen LogP contribution in [0, 0.1) is 18.8 Å². The summed E-state index contributed by atoms with van der Waals surface area (Å²) in [7, 11) is 0. The normalized spacial score (nSPS) is 18.5. The highest BCUT2D eigenvalue weighted by Gasteiger charge is 2.23. The first kappa shape index (κ1) is 19.7. The van der Waals surface area contributed by atoms with E-state index in [0.29, 0.717) is 18.3 Å². The SMILES string of the molecule is Cc1cccc(NC(=O)N2CCC(CCNC(=O)CC3CCCC3)CC2)c1. The summed E-state index contributed by atoms with van der Waals surface area (Å²) in [4.78, 5) is 26.3. The Morgan fingerprint density at radius 3 is 2.52 bits per heavy atom. The van der Waals surface area contributed by atoms with Crippen LogP contribution in [0.3, 0.4) is 0 Å². The van der Waals surface area contributed by atoms with Crippen molar-refractivity contribution < 1.29 is 9.59 Å². The number of rotatable bonds is 6. The topological polar surface area (TPSA) is 61.4 Å². The van der Waals surface area contributed by atoms with E-state index in [9.17, 15) is 9.59 Å². The largest absolute Gasteiger partial charge is 0.356 e. The zero-order valence-electron chi connectivity index (χ0n) is 16.5. The Morgan fingerprint density at radius 2 is 1.81 bits per heavy atom. The number of hydrogen-bond donors (Lipinski definition) is 2. The molecule has 1 saturated carbocycles. The number of benzene rings is 1. The summed E-state index contributed by atoms with van der Waals surface area (Å²) < 4.78 is 0. The molecule has 0 radical (unpaired) electrons. The molecule has 0 aromatic heterocycles. The summed E-state index contributed by atoms with van der Waals surface area (Å²) in [6.45, 7) is 4.37. The summed E-state index contributed by atoms with van der Waals surface area (Å²) >= 11 is 0. The van der Waals surface area contributed by atoms with Crippen molar-refractivity contribution in [3.8, 4) is 0 Å². The molecule has 1 heterocycles. The van der Waals surface area contributed by atoms with Crippen LogP contribution in [0.2, 0.25) is 0 Å². The molecule has 2 fully saturated rings. The first-order valence-electron chi connectivity index (χ1n) is 10.5. The van der Waals surface area contributed by atoms with E-state index in [0.717, 1.165) is 50.1 Å². The van der Waals surface area contributed by atoms with Gasteiger partial charge >= 0.3 is 6.03 Å². The molecule has 148 valence electrons. The molecule has 1 aliphatic heterocycles. The van der Waals surface area contributed by atoms with Crippen LogP contribution >= 0.6 is 0 Å². The number of nitrogens with one attached hydrogen (secondary N) is 2. The third-order valence-corrected chi connectivity index (χ3v) is 5.99. The molecule has 1 saturated heterocycles. The van der Waals surface area contributed by atoms with Crippen LogP contribution in [0.4, 0.5) is 10.5 Å². The number of nitrogens with zero attached hydrogens (tertiary/aromatic N) is 1. The second-order valence-electron chi connectivity index (χ2n) is 8.22. The minimum absolute atomic E-state index is 0.0103. The minimum atomic E-state index is -0.0103. The first-order valence-corrected chi connectivity index (χ1v) is 10.5. The fourth-order valence-electron chi connectivity index (χ4n) is 4.31. The van der Waals surface area contributed by atoms with E-state index in [-0.39, 0.29) is 11.9 Å². The lowest BCUT2D eigenvalue weighted by Crippen LogP contribution is -2.41. The highest BCUT2D eigenvalue weighted by atomic mass is 16.2. The molecule has 27 heavy (non-hydrogen) atoms. The van der Waals surface area contributed by atoms with Crippen LogP contribution in [0.25, 0.3) is 0 Å². The number of carbonyl (C=O) groups is 2. The van der Waals surface area contributed by atoms with Crippen molar-refractivity contribution in [1.82, 2.24) is 10.2 Å². The van der Waals surface area contributed by atoms with Gasteiger partial charge in [-0.1, -0.05) is 25.0 Å². The molecule has 0 atom stereocenters. The predicted molar refractivity (Wildman–Crippen MR) is 109 cm³/mol. The van der Waals surface area contributed by atoms with Crippen molar-refractivity contribution in [3.63, 3.8) is 0 Å². The van der Waals surface area contributed by atoms with Gasteiger partial charge in [0, 0.05) is 31.7 Å². The predicted octanol–water partition coefficient (Wildman–Crippen LogP) is 4.33. The maximum Gasteiger partial charge on any atom is 0.321 e. The molecule has 1 aromatic rings. The number of anilines is 1. The highest BCUT2D eigenvalue weighted by Crippen LogP contribution is 2.27. The van der Waals surface area contributed by atoms with E-state index in [1.165, 1.54) is 25.7 Å². The fraction of sp³-hybridized carbons (Fsp3) is 0.636. The van der Waals surface area contributed by atoms with E-state index in [4.69, 9.17) is 0 Å². The van der Waals surface area contributed by atoms with Crippen LogP contribution in [0.1, 0.15) is 56.9 Å². The maximum absolute atomic E-state index is 12.4.